The van der Waals surface area contributed by atoms with Gasteiger partial charge in [-0.2, -0.15) is 0 Å². The first kappa shape index (κ1) is 15.2. The second-order valence-corrected chi connectivity index (χ2v) is 6.49. The molecule has 0 aliphatic heterocycles. The van der Waals surface area contributed by atoms with Crippen molar-refractivity contribution in [2.24, 2.45) is 0 Å². The monoisotopic (exact) mass is 339 g/mol. The number of nitrogens with two attached hydrogens (primary N) is 1. The van der Waals surface area contributed by atoms with E-state index in [0.717, 1.165) is 6.26 Å². The molecule has 0 bridgehead atoms. The smallest absolute Gasteiger partial charge is 0.208 e. The second-order valence-electron chi connectivity index (χ2n) is 3.80. The van der Waals surface area contributed by atoms with E-state index in [2.05, 4.69) is 26.0 Å². The molecule has 0 fully saturated rings. The topological polar surface area (TPSA) is 84.2 Å². The number of halogens is 2. The molecular formula is C10H15BrFN3O2S. The third-order valence-corrected chi connectivity index (χ3v) is 3.46. The Morgan fingerprint density at radius 2 is 2.06 bits per heavy atom. The van der Waals surface area contributed by atoms with E-state index < -0.39 is 15.8 Å². The van der Waals surface area contributed by atoms with Crippen LogP contribution >= 0.6 is 15.9 Å². The standard InChI is InChI=1S/C10H15BrFN3O2S/c1-18(16,17)15-4-2-3-14-10-6-8(12)7(11)5-9(10)13/h5-6,14-15H,2-4,13H2,1H3. The molecule has 1 aromatic carbocycles. The maximum atomic E-state index is 13.3. The van der Waals surface area contributed by atoms with Gasteiger partial charge < -0.3 is 11.1 Å². The number of nitrogen functional groups attached to an aromatic ring is 1. The summed E-state index contributed by atoms with van der Waals surface area (Å²) in [7, 11) is -3.16. The van der Waals surface area contributed by atoms with Gasteiger partial charge in [0.2, 0.25) is 10.0 Å². The Bertz CT molecular complexity index is 522. The fraction of sp³-hybridized carbons (Fsp3) is 0.400. The Labute approximate surface area is 114 Å². The predicted octanol–water partition coefficient (Wildman–Crippen LogP) is 1.52. The molecule has 0 unspecified atom stereocenters. The Kier molecular flexibility index (Phi) is 5.36. The van der Waals surface area contributed by atoms with Gasteiger partial charge in [0, 0.05) is 19.2 Å². The van der Waals surface area contributed by atoms with Crippen LogP contribution in [0.5, 0.6) is 0 Å². The summed E-state index contributed by atoms with van der Waals surface area (Å²) in [6.45, 7) is 0.818. The molecule has 0 spiro atoms. The van der Waals surface area contributed by atoms with Gasteiger partial charge in [0.05, 0.1) is 22.1 Å². The predicted molar refractivity (Wildman–Crippen MR) is 74.5 cm³/mol. The highest BCUT2D eigenvalue weighted by molar-refractivity contribution is 9.10. The molecule has 0 heterocycles. The molecule has 0 atom stereocenters. The molecule has 5 nitrogen and oxygen atoms in total. The maximum absolute atomic E-state index is 13.3. The zero-order valence-corrected chi connectivity index (χ0v) is 12.2. The van der Waals surface area contributed by atoms with E-state index in [4.69, 9.17) is 5.73 Å². The quantitative estimate of drug-likeness (QED) is 0.542. The Morgan fingerprint density at radius 3 is 2.67 bits per heavy atom. The lowest BCUT2D eigenvalue weighted by atomic mass is 10.2. The summed E-state index contributed by atoms with van der Waals surface area (Å²) < 4.78 is 37.5. The van der Waals surface area contributed by atoms with Crippen molar-refractivity contribution in [3.63, 3.8) is 0 Å². The molecule has 0 saturated heterocycles. The van der Waals surface area contributed by atoms with Gasteiger partial charge in [-0.3, -0.25) is 0 Å². The molecule has 1 rings (SSSR count). The third-order valence-electron chi connectivity index (χ3n) is 2.13. The van der Waals surface area contributed by atoms with Crippen LogP contribution in [0.4, 0.5) is 15.8 Å². The van der Waals surface area contributed by atoms with Gasteiger partial charge in [-0.05, 0) is 28.4 Å². The van der Waals surface area contributed by atoms with E-state index in [1.54, 1.807) is 0 Å². The van der Waals surface area contributed by atoms with Crippen LogP contribution in [-0.2, 0) is 10.0 Å². The number of anilines is 2. The number of hydrogen-bond donors (Lipinski definition) is 3. The van der Waals surface area contributed by atoms with E-state index in [9.17, 15) is 12.8 Å². The first-order valence-electron chi connectivity index (χ1n) is 5.22. The fourth-order valence-electron chi connectivity index (χ4n) is 1.28. The lowest BCUT2D eigenvalue weighted by Gasteiger charge is -2.10. The van der Waals surface area contributed by atoms with Gasteiger partial charge in [-0.15, -0.1) is 0 Å². The van der Waals surface area contributed by atoms with Crippen molar-refractivity contribution >= 4 is 37.3 Å². The summed E-state index contributed by atoms with van der Waals surface area (Å²) in [5, 5.41) is 2.95. The van der Waals surface area contributed by atoms with Crippen LogP contribution in [0.1, 0.15) is 6.42 Å². The van der Waals surface area contributed by atoms with Crippen molar-refractivity contribution in [1.82, 2.24) is 4.72 Å². The average Bonchev–Trinajstić information content (AvgIpc) is 2.23. The molecule has 102 valence electrons. The van der Waals surface area contributed by atoms with Gasteiger partial charge in [0.1, 0.15) is 5.82 Å². The Morgan fingerprint density at radius 1 is 1.39 bits per heavy atom. The summed E-state index contributed by atoms with van der Waals surface area (Å²) in [6.07, 6.45) is 1.67. The Hall–Kier alpha value is -0.860. The highest BCUT2D eigenvalue weighted by atomic mass is 79.9. The van der Waals surface area contributed by atoms with Crippen LogP contribution in [0.3, 0.4) is 0 Å². The number of benzene rings is 1. The molecule has 0 saturated carbocycles. The van der Waals surface area contributed by atoms with Crippen LogP contribution in [0.2, 0.25) is 0 Å². The fourth-order valence-corrected chi connectivity index (χ4v) is 2.16. The van der Waals surface area contributed by atoms with E-state index in [-0.39, 0.29) is 0 Å². The molecule has 0 aromatic heterocycles. The van der Waals surface area contributed by atoms with Gasteiger partial charge in [0.15, 0.2) is 0 Å². The summed E-state index contributed by atoms with van der Waals surface area (Å²) >= 11 is 3.04. The highest BCUT2D eigenvalue weighted by Crippen LogP contribution is 2.26. The van der Waals surface area contributed by atoms with Crippen LogP contribution < -0.4 is 15.8 Å². The molecule has 18 heavy (non-hydrogen) atoms. The lowest BCUT2D eigenvalue weighted by molar-refractivity contribution is 0.586. The van der Waals surface area contributed by atoms with Gasteiger partial charge in [0.25, 0.3) is 0 Å². The first-order valence-corrected chi connectivity index (χ1v) is 7.91. The SMILES string of the molecule is CS(=O)(=O)NCCCNc1cc(F)c(Br)cc1N. The molecule has 0 amide bonds. The van der Waals surface area contributed by atoms with Crippen molar-refractivity contribution in [3.8, 4) is 0 Å². The second kappa shape index (κ2) is 6.35. The van der Waals surface area contributed by atoms with E-state index in [1.165, 1.54) is 12.1 Å². The summed E-state index contributed by atoms with van der Waals surface area (Å²) in [5.41, 5.74) is 6.63. The van der Waals surface area contributed by atoms with Crippen LogP contribution in [0, 0.1) is 5.82 Å². The molecule has 0 radical (unpaired) electrons. The van der Waals surface area contributed by atoms with Crippen molar-refractivity contribution < 1.29 is 12.8 Å². The van der Waals surface area contributed by atoms with E-state index >= 15 is 0 Å². The summed E-state index contributed by atoms with van der Waals surface area (Å²) in [5.74, 6) is -0.402. The molecule has 0 aliphatic rings. The normalized spacial score (nSPS) is 11.5. The number of hydrogen-bond acceptors (Lipinski definition) is 4. The number of rotatable bonds is 6. The molecular weight excluding hydrogens is 325 g/mol. The maximum Gasteiger partial charge on any atom is 0.208 e. The minimum absolute atomic E-state index is 0.310. The first-order chi connectivity index (χ1) is 8.29. The van der Waals surface area contributed by atoms with Crippen molar-refractivity contribution in [3.05, 3.63) is 22.4 Å². The van der Waals surface area contributed by atoms with E-state index in [0.29, 0.717) is 35.4 Å². The van der Waals surface area contributed by atoms with Crippen LogP contribution in [-0.4, -0.2) is 27.8 Å². The van der Waals surface area contributed by atoms with Crippen molar-refractivity contribution in [2.45, 2.75) is 6.42 Å². The Balaban J connectivity index is 2.43. The molecule has 0 aliphatic carbocycles. The van der Waals surface area contributed by atoms with Gasteiger partial charge in [-0.1, -0.05) is 0 Å². The number of nitrogens with one attached hydrogen (secondary N) is 2. The lowest BCUT2D eigenvalue weighted by Crippen LogP contribution is -2.24. The van der Waals surface area contributed by atoms with Crippen molar-refractivity contribution in [2.75, 3.05) is 30.4 Å². The average molecular weight is 340 g/mol. The number of sulfonamides is 1. The zero-order valence-electron chi connectivity index (χ0n) is 9.83. The minimum atomic E-state index is -3.16. The van der Waals surface area contributed by atoms with Gasteiger partial charge in [-0.25, -0.2) is 17.5 Å². The largest absolute Gasteiger partial charge is 0.397 e. The third kappa shape index (κ3) is 5.19. The zero-order chi connectivity index (χ0) is 13.8. The van der Waals surface area contributed by atoms with Crippen molar-refractivity contribution in [1.29, 1.82) is 0 Å². The summed E-state index contributed by atoms with van der Waals surface area (Å²) in [4.78, 5) is 0. The molecule has 8 heteroatoms. The van der Waals surface area contributed by atoms with Gasteiger partial charge >= 0.3 is 0 Å². The molecule has 4 N–H and O–H groups in total. The van der Waals surface area contributed by atoms with Crippen LogP contribution in [0.25, 0.3) is 0 Å². The summed E-state index contributed by atoms with van der Waals surface area (Å²) in [6, 6.07) is 2.77. The molecule has 1 aromatic rings. The van der Waals surface area contributed by atoms with E-state index in [1.807, 2.05) is 0 Å². The van der Waals surface area contributed by atoms with Crippen LogP contribution in [0.15, 0.2) is 16.6 Å². The highest BCUT2D eigenvalue weighted by Gasteiger charge is 2.05. The minimum Gasteiger partial charge on any atom is -0.397 e.